The molecule has 1 atom stereocenters. The van der Waals surface area contributed by atoms with E-state index in [0.717, 1.165) is 41.4 Å². The molecule has 8 nitrogen and oxygen atoms in total. The first-order valence-corrected chi connectivity index (χ1v) is 11.4. The number of aromatic nitrogens is 3. The first kappa shape index (κ1) is 21.1. The number of nitrogens with one attached hydrogen (secondary N) is 2. The van der Waals surface area contributed by atoms with Crippen LogP contribution >= 0.6 is 0 Å². The number of carbonyl (C=O) groups is 2. The summed E-state index contributed by atoms with van der Waals surface area (Å²) in [6.45, 7) is 1.28. The van der Waals surface area contributed by atoms with Gasteiger partial charge in [0.05, 0.1) is 5.69 Å². The van der Waals surface area contributed by atoms with Gasteiger partial charge in [-0.1, -0.05) is 18.2 Å². The maximum absolute atomic E-state index is 12.7. The molecule has 2 aliphatic heterocycles. The zero-order chi connectivity index (χ0) is 22.6. The second-order valence-electron chi connectivity index (χ2n) is 8.48. The van der Waals surface area contributed by atoms with Crippen molar-refractivity contribution in [2.75, 3.05) is 18.4 Å². The van der Waals surface area contributed by atoms with E-state index >= 15 is 0 Å². The van der Waals surface area contributed by atoms with E-state index < -0.39 is 0 Å². The number of piperidine rings is 1. The van der Waals surface area contributed by atoms with Gasteiger partial charge in [0, 0.05) is 55.1 Å². The highest BCUT2D eigenvalue weighted by molar-refractivity contribution is 5.90. The Morgan fingerprint density at radius 3 is 2.45 bits per heavy atom. The Bertz CT molecular complexity index is 1130. The number of nitrogens with zero attached hydrogens (tertiary/aromatic N) is 4. The normalized spacial score (nSPS) is 18.7. The van der Waals surface area contributed by atoms with E-state index in [1.165, 1.54) is 0 Å². The van der Waals surface area contributed by atoms with Crippen molar-refractivity contribution in [1.29, 1.82) is 0 Å². The smallest absolute Gasteiger partial charge is 0.245 e. The monoisotopic (exact) mass is 442 g/mol. The van der Waals surface area contributed by atoms with Crippen LogP contribution in [0.2, 0.25) is 0 Å². The molecule has 1 aromatic carbocycles. The van der Waals surface area contributed by atoms with Gasteiger partial charge in [-0.05, 0) is 43.5 Å². The van der Waals surface area contributed by atoms with Gasteiger partial charge in [0.25, 0.3) is 0 Å². The van der Waals surface area contributed by atoms with Crippen LogP contribution < -0.4 is 10.6 Å². The van der Waals surface area contributed by atoms with Gasteiger partial charge in [-0.25, -0.2) is 9.97 Å². The third-order valence-electron chi connectivity index (χ3n) is 6.23. The minimum absolute atomic E-state index is 0.0252. The molecule has 0 spiro atoms. The summed E-state index contributed by atoms with van der Waals surface area (Å²) < 4.78 is 0. The summed E-state index contributed by atoms with van der Waals surface area (Å²) >= 11 is 0. The lowest BCUT2D eigenvalue weighted by Gasteiger charge is -2.33. The molecular weight excluding hydrogens is 416 g/mol. The zero-order valence-corrected chi connectivity index (χ0v) is 18.3. The fourth-order valence-electron chi connectivity index (χ4n) is 4.43. The average Bonchev–Trinajstić information content (AvgIpc) is 3.31. The molecule has 3 aromatic rings. The molecule has 2 aliphatic rings. The Kier molecular flexibility index (Phi) is 5.97. The zero-order valence-electron chi connectivity index (χ0n) is 18.3. The second-order valence-corrected chi connectivity index (χ2v) is 8.48. The fraction of sp³-hybridized carbons (Fsp3) is 0.320. The molecule has 0 bridgehead atoms. The lowest BCUT2D eigenvalue weighted by atomic mass is 9.95. The number of likely N-dealkylation sites (tertiary alicyclic amines) is 1. The number of para-hydroxylation sites is 1. The highest BCUT2D eigenvalue weighted by Gasteiger charge is 2.33. The summed E-state index contributed by atoms with van der Waals surface area (Å²) in [5, 5.41) is 6.17. The van der Waals surface area contributed by atoms with Gasteiger partial charge in [0.15, 0.2) is 0 Å². The number of hydrogen-bond acceptors (Lipinski definition) is 6. The van der Waals surface area contributed by atoms with E-state index in [1.54, 1.807) is 12.4 Å². The van der Waals surface area contributed by atoms with Crippen LogP contribution in [0.1, 0.15) is 37.4 Å². The summed E-state index contributed by atoms with van der Waals surface area (Å²) in [4.78, 5) is 39.9. The van der Waals surface area contributed by atoms with Crippen LogP contribution in [0.25, 0.3) is 11.3 Å². The maximum Gasteiger partial charge on any atom is 0.245 e. The Hall–Kier alpha value is -3.81. The topological polar surface area (TPSA) is 100 Å². The molecule has 8 heteroatoms. The van der Waals surface area contributed by atoms with Crippen molar-refractivity contribution in [1.82, 2.24) is 25.2 Å². The summed E-state index contributed by atoms with van der Waals surface area (Å²) in [6, 6.07) is 15.4. The van der Waals surface area contributed by atoms with Crippen molar-refractivity contribution in [3.8, 4) is 11.3 Å². The molecule has 33 heavy (non-hydrogen) atoms. The van der Waals surface area contributed by atoms with Crippen molar-refractivity contribution in [2.24, 2.45) is 0 Å². The first-order chi connectivity index (χ1) is 16.2. The molecule has 0 radical (unpaired) electrons. The van der Waals surface area contributed by atoms with Gasteiger partial charge >= 0.3 is 0 Å². The van der Waals surface area contributed by atoms with Crippen LogP contribution in [-0.2, 0) is 9.59 Å². The maximum atomic E-state index is 12.7. The first-order valence-electron chi connectivity index (χ1n) is 11.4. The second kappa shape index (κ2) is 9.36. The molecule has 2 fully saturated rings. The van der Waals surface area contributed by atoms with Crippen LogP contribution in [0.5, 0.6) is 0 Å². The Balaban J connectivity index is 1.35. The molecule has 0 saturated carbocycles. The molecule has 2 N–H and O–H groups in total. The van der Waals surface area contributed by atoms with E-state index in [4.69, 9.17) is 9.97 Å². The van der Waals surface area contributed by atoms with Crippen LogP contribution in [0, 0.1) is 0 Å². The van der Waals surface area contributed by atoms with E-state index in [0.29, 0.717) is 25.9 Å². The summed E-state index contributed by atoms with van der Waals surface area (Å²) in [5.41, 5.74) is 2.78. The van der Waals surface area contributed by atoms with E-state index in [2.05, 4.69) is 15.6 Å². The predicted molar refractivity (Wildman–Crippen MR) is 125 cm³/mol. The molecule has 2 aromatic heterocycles. The highest BCUT2D eigenvalue weighted by atomic mass is 16.2. The van der Waals surface area contributed by atoms with Crippen molar-refractivity contribution < 1.29 is 9.59 Å². The van der Waals surface area contributed by atoms with Crippen molar-refractivity contribution in [2.45, 2.75) is 37.6 Å². The Morgan fingerprint density at radius 2 is 1.76 bits per heavy atom. The molecule has 5 rings (SSSR count). The van der Waals surface area contributed by atoms with E-state index in [1.807, 2.05) is 53.4 Å². The number of rotatable bonds is 5. The van der Waals surface area contributed by atoms with Crippen molar-refractivity contribution >= 4 is 23.3 Å². The molecule has 2 amide bonds. The number of hydrogen-bond donors (Lipinski definition) is 2. The van der Waals surface area contributed by atoms with Gasteiger partial charge in [-0.15, -0.1) is 0 Å². The van der Waals surface area contributed by atoms with Gasteiger partial charge in [-0.3, -0.25) is 14.6 Å². The molecule has 2 saturated heterocycles. The van der Waals surface area contributed by atoms with Gasteiger partial charge < -0.3 is 15.5 Å². The summed E-state index contributed by atoms with van der Waals surface area (Å²) in [6.07, 6.45) is 6.11. The minimum atomic E-state index is -0.373. The predicted octanol–water partition coefficient (Wildman–Crippen LogP) is 3.27. The van der Waals surface area contributed by atoms with Crippen molar-refractivity contribution in [3.63, 3.8) is 0 Å². The lowest BCUT2D eigenvalue weighted by molar-refractivity contribution is -0.135. The summed E-state index contributed by atoms with van der Waals surface area (Å²) in [7, 11) is 0. The van der Waals surface area contributed by atoms with Crippen molar-refractivity contribution in [3.05, 3.63) is 66.7 Å². The van der Waals surface area contributed by atoms with Crippen LogP contribution in [0.3, 0.4) is 0 Å². The number of amides is 2. The number of pyridine rings is 1. The molecule has 168 valence electrons. The third-order valence-corrected chi connectivity index (χ3v) is 6.23. The quantitative estimate of drug-likeness (QED) is 0.629. The van der Waals surface area contributed by atoms with Gasteiger partial charge in [0.1, 0.15) is 17.7 Å². The van der Waals surface area contributed by atoms with Crippen LogP contribution in [0.15, 0.2) is 60.9 Å². The standard InChI is InChI=1S/C25H26N6O2/c32-23-7-6-20(28-23)25(33)31-14-10-18(11-15-31)24-29-21(17-8-12-26-13-9-17)16-22(30-24)27-19-4-2-1-3-5-19/h1-5,8-9,12-13,16,18,20H,6-7,10-11,14-15H2,(H,28,32)(H,27,29,30)/t20-/m1/s1. The molecule has 4 heterocycles. The Labute approximate surface area is 192 Å². The Morgan fingerprint density at radius 1 is 1.00 bits per heavy atom. The van der Waals surface area contributed by atoms with E-state index in [9.17, 15) is 9.59 Å². The molecule has 0 unspecified atom stereocenters. The van der Waals surface area contributed by atoms with Gasteiger partial charge in [-0.2, -0.15) is 0 Å². The number of benzene rings is 1. The number of carbonyl (C=O) groups excluding carboxylic acids is 2. The van der Waals surface area contributed by atoms with Gasteiger partial charge in [0.2, 0.25) is 11.8 Å². The summed E-state index contributed by atoms with van der Waals surface area (Å²) in [5.74, 6) is 1.67. The third kappa shape index (κ3) is 4.84. The molecule has 0 aliphatic carbocycles. The highest BCUT2D eigenvalue weighted by Crippen LogP contribution is 2.30. The molecular formula is C25H26N6O2. The lowest BCUT2D eigenvalue weighted by Crippen LogP contribution is -2.47. The SMILES string of the molecule is O=C1CC[C@H](C(=O)N2CCC(c3nc(Nc4ccccc4)cc(-c4ccncc4)n3)CC2)N1. The minimum Gasteiger partial charge on any atom is -0.344 e. The van der Waals surface area contributed by atoms with Crippen LogP contribution in [0.4, 0.5) is 11.5 Å². The average molecular weight is 443 g/mol. The van der Waals surface area contributed by atoms with E-state index in [-0.39, 0.29) is 23.8 Å². The fourth-order valence-corrected chi connectivity index (χ4v) is 4.43. The van der Waals surface area contributed by atoms with Crippen LogP contribution in [-0.4, -0.2) is 50.8 Å². The number of anilines is 2. The largest absolute Gasteiger partial charge is 0.344 e.